The van der Waals surface area contributed by atoms with E-state index in [0.717, 1.165) is 6.54 Å². The van der Waals surface area contributed by atoms with Crippen molar-refractivity contribution in [2.75, 3.05) is 6.54 Å². The van der Waals surface area contributed by atoms with Gasteiger partial charge in [0.05, 0.1) is 6.20 Å². The van der Waals surface area contributed by atoms with Gasteiger partial charge in [-0.1, -0.05) is 33.6 Å². The van der Waals surface area contributed by atoms with Gasteiger partial charge in [0.1, 0.15) is 0 Å². The number of rotatable bonds is 2. The SMILES string of the molecule is CC(C)(C)c1[nH]ncc1C1(CN)CCCC1. The molecule has 0 atom stereocenters. The molecule has 90 valence electrons. The van der Waals surface area contributed by atoms with Gasteiger partial charge >= 0.3 is 0 Å². The van der Waals surface area contributed by atoms with Crippen molar-refractivity contribution in [2.45, 2.75) is 57.3 Å². The number of nitrogens with zero attached hydrogens (tertiary/aromatic N) is 1. The molecule has 2 rings (SSSR count). The second kappa shape index (κ2) is 3.88. The van der Waals surface area contributed by atoms with Gasteiger partial charge in [-0.25, -0.2) is 0 Å². The van der Waals surface area contributed by atoms with Crippen LogP contribution in [0.25, 0.3) is 0 Å². The Morgan fingerprint density at radius 2 is 2.00 bits per heavy atom. The average molecular weight is 221 g/mol. The Balaban J connectivity index is 2.43. The van der Waals surface area contributed by atoms with Crippen LogP contribution in [0.2, 0.25) is 0 Å². The Labute approximate surface area is 97.8 Å². The van der Waals surface area contributed by atoms with Crippen LogP contribution in [0.5, 0.6) is 0 Å². The summed E-state index contributed by atoms with van der Waals surface area (Å²) in [4.78, 5) is 0. The highest BCUT2D eigenvalue weighted by molar-refractivity contribution is 5.33. The van der Waals surface area contributed by atoms with Gasteiger partial charge in [0.2, 0.25) is 0 Å². The molecule has 3 nitrogen and oxygen atoms in total. The number of aromatic nitrogens is 2. The topological polar surface area (TPSA) is 54.7 Å². The van der Waals surface area contributed by atoms with E-state index in [1.54, 1.807) is 0 Å². The zero-order valence-corrected chi connectivity index (χ0v) is 10.6. The van der Waals surface area contributed by atoms with Crippen molar-refractivity contribution in [1.29, 1.82) is 0 Å². The molecule has 1 aromatic heterocycles. The highest BCUT2D eigenvalue weighted by atomic mass is 15.1. The fourth-order valence-corrected chi connectivity index (χ4v) is 2.90. The summed E-state index contributed by atoms with van der Waals surface area (Å²) >= 11 is 0. The van der Waals surface area contributed by atoms with Gasteiger partial charge in [0.25, 0.3) is 0 Å². The van der Waals surface area contributed by atoms with Gasteiger partial charge in [-0.2, -0.15) is 5.10 Å². The zero-order valence-electron chi connectivity index (χ0n) is 10.6. The summed E-state index contributed by atoms with van der Waals surface area (Å²) in [5.74, 6) is 0. The Kier molecular flexibility index (Phi) is 2.82. The van der Waals surface area contributed by atoms with E-state index >= 15 is 0 Å². The van der Waals surface area contributed by atoms with E-state index in [1.165, 1.54) is 36.9 Å². The molecule has 16 heavy (non-hydrogen) atoms. The lowest BCUT2D eigenvalue weighted by Crippen LogP contribution is -2.34. The Hall–Kier alpha value is -0.830. The van der Waals surface area contributed by atoms with Gasteiger partial charge in [-0.3, -0.25) is 5.10 Å². The lowest BCUT2D eigenvalue weighted by atomic mass is 9.75. The summed E-state index contributed by atoms with van der Waals surface area (Å²) in [5, 5.41) is 7.42. The van der Waals surface area contributed by atoms with Crippen molar-refractivity contribution < 1.29 is 0 Å². The summed E-state index contributed by atoms with van der Waals surface area (Å²) in [7, 11) is 0. The second-order valence-electron chi connectivity index (χ2n) is 6.10. The number of hydrogen-bond acceptors (Lipinski definition) is 2. The third kappa shape index (κ3) is 1.77. The van der Waals surface area contributed by atoms with E-state index in [2.05, 4.69) is 31.0 Å². The summed E-state index contributed by atoms with van der Waals surface area (Å²) < 4.78 is 0. The molecule has 3 N–H and O–H groups in total. The lowest BCUT2D eigenvalue weighted by Gasteiger charge is -2.30. The monoisotopic (exact) mass is 221 g/mol. The van der Waals surface area contributed by atoms with E-state index in [4.69, 9.17) is 5.73 Å². The van der Waals surface area contributed by atoms with Crippen molar-refractivity contribution in [2.24, 2.45) is 5.73 Å². The molecule has 0 amide bonds. The smallest absolute Gasteiger partial charge is 0.0528 e. The van der Waals surface area contributed by atoms with Gasteiger partial charge in [-0.15, -0.1) is 0 Å². The quantitative estimate of drug-likeness (QED) is 0.806. The second-order valence-corrected chi connectivity index (χ2v) is 6.10. The minimum Gasteiger partial charge on any atom is -0.330 e. The highest BCUT2D eigenvalue weighted by Crippen LogP contribution is 2.43. The van der Waals surface area contributed by atoms with E-state index < -0.39 is 0 Å². The number of aromatic amines is 1. The Bertz CT molecular complexity index is 353. The first-order valence-electron chi connectivity index (χ1n) is 6.24. The van der Waals surface area contributed by atoms with Gasteiger partial charge in [0, 0.05) is 28.6 Å². The molecule has 0 saturated heterocycles. The summed E-state index contributed by atoms with van der Waals surface area (Å²) in [6.45, 7) is 7.42. The molecular formula is C13H23N3. The summed E-state index contributed by atoms with van der Waals surface area (Å²) in [6, 6.07) is 0. The van der Waals surface area contributed by atoms with E-state index in [-0.39, 0.29) is 10.8 Å². The first-order valence-corrected chi connectivity index (χ1v) is 6.24. The summed E-state index contributed by atoms with van der Waals surface area (Å²) in [5.41, 5.74) is 8.97. The number of nitrogens with one attached hydrogen (secondary N) is 1. The van der Waals surface area contributed by atoms with Crippen molar-refractivity contribution >= 4 is 0 Å². The maximum absolute atomic E-state index is 6.03. The normalized spacial score (nSPS) is 20.2. The standard InChI is InChI=1S/C13H23N3/c1-12(2,3)11-10(8-15-16-11)13(9-14)6-4-5-7-13/h8H,4-7,9,14H2,1-3H3,(H,15,16). The average Bonchev–Trinajstić information content (AvgIpc) is 2.86. The fraction of sp³-hybridized carbons (Fsp3) is 0.769. The van der Waals surface area contributed by atoms with Crippen LogP contribution in [0, 0.1) is 0 Å². The minimum atomic E-state index is 0.122. The number of H-pyrrole nitrogens is 1. The predicted octanol–water partition coefficient (Wildman–Crippen LogP) is 2.48. The predicted molar refractivity (Wildman–Crippen MR) is 66.5 cm³/mol. The van der Waals surface area contributed by atoms with Crippen LogP contribution < -0.4 is 5.73 Å². The van der Waals surface area contributed by atoms with E-state index in [9.17, 15) is 0 Å². The molecule has 1 aliphatic carbocycles. The van der Waals surface area contributed by atoms with Crippen LogP contribution in [-0.2, 0) is 10.8 Å². The van der Waals surface area contributed by atoms with E-state index in [0.29, 0.717) is 0 Å². The number of hydrogen-bond donors (Lipinski definition) is 2. The Morgan fingerprint density at radius 3 is 2.50 bits per heavy atom. The fourth-order valence-electron chi connectivity index (χ4n) is 2.90. The molecule has 0 bridgehead atoms. The molecule has 0 aliphatic heterocycles. The van der Waals surface area contributed by atoms with Crippen LogP contribution >= 0.6 is 0 Å². The zero-order chi connectivity index (χ0) is 11.8. The minimum absolute atomic E-state index is 0.122. The van der Waals surface area contributed by atoms with Gasteiger partial charge in [-0.05, 0) is 12.8 Å². The largest absolute Gasteiger partial charge is 0.330 e. The van der Waals surface area contributed by atoms with Crippen LogP contribution in [0.4, 0.5) is 0 Å². The highest BCUT2D eigenvalue weighted by Gasteiger charge is 2.38. The van der Waals surface area contributed by atoms with Crippen molar-refractivity contribution in [3.8, 4) is 0 Å². The summed E-state index contributed by atoms with van der Waals surface area (Å²) in [6.07, 6.45) is 7.02. The van der Waals surface area contributed by atoms with Gasteiger partial charge < -0.3 is 5.73 Å². The lowest BCUT2D eigenvalue weighted by molar-refractivity contribution is 0.435. The molecule has 0 spiro atoms. The van der Waals surface area contributed by atoms with Crippen LogP contribution in [0.3, 0.4) is 0 Å². The van der Waals surface area contributed by atoms with Crippen molar-refractivity contribution in [1.82, 2.24) is 10.2 Å². The third-order valence-corrected chi connectivity index (χ3v) is 3.91. The molecular weight excluding hydrogens is 198 g/mol. The maximum Gasteiger partial charge on any atom is 0.0528 e. The number of nitrogens with two attached hydrogens (primary N) is 1. The maximum atomic E-state index is 6.03. The third-order valence-electron chi connectivity index (χ3n) is 3.91. The van der Waals surface area contributed by atoms with Crippen molar-refractivity contribution in [3.63, 3.8) is 0 Å². The van der Waals surface area contributed by atoms with Gasteiger partial charge in [0.15, 0.2) is 0 Å². The van der Waals surface area contributed by atoms with Crippen LogP contribution in [-0.4, -0.2) is 16.7 Å². The molecule has 1 fully saturated rings. The van der Waals surface area contributed by atoms with E-state index in [1.807, 2.05) is 6.20 Å². The molecule has 0 aromatic carbocycles. The molecule has 1 aromatic rings. The Morgan fingerprint density at radius 1 is 1.38 bits per heavy atom. The van der Waals surface area contributed by atoms with Crippen molar-refractivity contribution in [3.05, 3.63) is 17.5 Å². The molecule has 1 heterocycles. The molecule has 0 radical (unpaired) electrons. The molecule has 1 aliphatic rings. The molecule has 3 heteroatoms. The first kappa shape index (κ1) is 11.6. The molecule has 0 unspecified atom stereocenters. The first-order chi connectivity index (χ1) is 7.49. The van der Waals surface area contributed by atoms with Crippen LogP contribution in [0.15, 0.2) is 6.20 Å². The van der Waals surface area contributed by atoms with Crippen LogP contribution in [0.1, 0.15) is 57.7 Å². The molecule has 1 saturated carbocycles.